The molecule has 1 saturated heterocycles. The normalized spacial score (nSPS) is 17.1. The van der Waals surface area contributed by atoms with Gasteiger partial charge in [0, 0.05) is 42.6 Å². The smallest absolute Gasteiger partial charge is 0.222 e. The SMILES string of the molecule is CC(C)CC(=O)N1CCC[C@@H](c2nc3c(N)nc4cc(-c5cc[nH]n5)ccc4c3[nH]2)C1. The number of anilines is 1. The number of likely N-dealkylation sites (tertiary alicyclic amines) is 1. The lowest BCUT2D eigenvalue weighted by Crippen LogP contribution is -2.39. The van der Waals surface area contributed by atoms with Crippen LogP contribution in [0.1, 0.15) is 44.9 Å². The monoisotopic (exact) mass is 417 g/mol. The van der Waals surface area contributed by atoms with E-state index in [4.69, 9.17) is 10.7 Å². The standard InChI is InChI=1S/C23H27N7O/c1-13(2)10-19(31)30-9-3-4-15(12-30)23-27-20-16-6-5-14(17-7-8-25-29-17)11-18(16)26-22(24)21(20)28-23/h5-8,11,13,15H,3-4,9-10,12H2,1-2H3,(H2,24,26)(H,25,29)(H,27,28)/t15-/m1/s1. The van der Waals surface area contributed by atoms with Crippen LogP contribution in [0.15, 0.2) is 30.5 Å². The van der Waals surface area contributed by atoms with Gasteiger partial charge in [0.1, 0.15) is 11.3 Å². The number of aromatic amines is 2. The lowest BCUT2D eigenvalue weighted by molar-refractivity contribution is -0.133. The van der Waals surface area contributed by atoms with Crippen molar-refractivity contribution in [2.75, 3.05) is 18.8 Å². The second kappa shape index (κ2) is 7.68. The summed E-state index contributed by atoms with van der Waals surface area (Å²) in [6, 6.07) is 7.99. The van der Waals surface area contributed by atoms with E-state index in [2.05, 4.69) is 34.0 Å². The van der Waals surface area contributed by atoms with Crippen molar-refractivity contribution in [3.05, 3.63) is 36.3 Å². The van der Waals surface area contributed by atoms with Crippen LogP contribution in [0.4, 0.5) is 5.82 Å². The van der Waals surface area contributed by atoms with Crippen molar-refractivity contribution in [3.63, 3.8) is 0 Å². The molecule has 4 N–H and O–H groups in total. The van der Waals surface area contributed by atoms with Crippen molar-refractivity contribution in [3.8, 4) is 11.3 Å². The molecule has 1 amide bonds. The molecule has 4 aromatic rings. The van der Waals surface area contributed by atoms with Gasteiger partial charge >= 0.3 is 0 Å². The van der Waals surface area contributed by atoms with E-state index >= 15 is 0 Å². The molecule has 160 valence electrons. The van der Waals surface area contributed by atoms with Crippen LogP contribution >= 0.6 is 0 Å². The van der Waals surface area contributed by atoms with E-state index in [1.165, 1.54) is 0 Å². The first-order valence-corrected chi connectivity index (χ1v) is 10.9. The van der Waals surface area contributed by atoms with Crippen LogP contribution in [0.5, 0.6) is 0 Å². The number of nitrogen functional groups attached to an aromatic ring is 1. The summed E-state index contributed by atoms with van der Waals surface area (Å²) in [5, 5.41) is 8.06. The molecule has 1 aromatic carbocycles. The minimum atomic E-state index is 0.176. The van der Waals surface area contributed by atoms with Gasteiger partial charge in [0.25, 0.3) is 0 Å². The van der Waals surface area contributed by atoms with Crippen LogP contribution in [0.2, 0.25) is 0 Å². The maximum Gasteiger partial charge on any atom is 0.222 e. The Labute approximate surface area is 180 Å². The number of carbonyl (C=O) groups excluding carboxylic acids is 1. The number of nitrogens with zero attached hydrogens (tertiary/aromatic N) is 4. The predicted octanol–water partition coefficient (Wildman–Crippen LogP) is 3.84. The van der Waals surface area contributed by atoms with Crippen molar-refractivity contribution in [1.29, 1.82) is 0 Å². The largest absolute Gasteiger partial charge is 0.382 e. The number of fused-ring (bicyclic) bond motifs is 3. The molecule has 4 heterocycles. The van der Waals surface area contributed by atoms with Gasteiger partial charge in [-0.3, -0.25) is 9.89 Å². The number of nitrogens with two attached hydrogens (primary N) is 1. The highest BCUT2D eigenvalue weighted by atomic mass is 16.2. The maximum atomic E-state index is 12.6. The zero-order valence-electron chi connectivity index (χ0n) is 17.9. The lowest BCUT2D eigenvalue weighted by atomic mass is 9.96. The van der Waals surface area contributed by atoms with Gasteiger partial charge in [-0.15, -0.1) is 0 Å². The van der Waals surface area contributed by atoms with Gasteiger partial charge in [0.15, 0.2) is 5.82 Å². The molecule has 0 spiro atoms. The Morgan fingerprint density at radius 3 is 2.94 bits per heavy atom. The van der Waals surface area contributed by atoms with Crippen LogP contribution in [-0.4, -0.2) is 49.0 Å². The third kappa shape index (κ3) is 3.62. The van der Waals surface area contributed by atoms with E-state index in [1.807, 2.05) is 29.2 Å². The number of carbonyl (C=O) groups is 1. The fourth-order valence-corrected chi connectivity index (χ4v) is 4.47. The van der Waals surface area contributed by atoms with E-state index in [-0.39, 0.29) is 11.8 Å². The second-order valence-electron chi connectivity index (χ2n) is 8.81. The number of piperidine rings is 1. The number of rotatable bonds is 4. The van der Waals surface area contributed by atoms with Crippen molar-refractivity contribution in [2.45, 2.75) is 39.0 Å². The Hall–Kier alpha value is -3.42. The van der Waals surface area contributed by atoms with Gasteiger partial charge in [-0.25, -0.2) is 9.97 Å². The maximum absolute atomic E-state index is 12.6. The zero-order chi connectivity index (χ0) is 21.5. The molecule has 1 aliphatic heterocycles. The minimum Gasteiger partial charge on any atom is -0.382 e. The Morgan fingerprint density at radius 1 is 1.29 bits per heavy atom. The molecule has 5 rings (SSSR count). The topological polar surface area (TPSA) is 117 Å². The van der Waals surface area contributed by atoms with Crippen LogP contribution in [0.25, 0.3) is 33.2 Å². The fourth-order valence-electron chi connectivity index (χ4n) is 4.47. The number of nitrogens with one attached hydrogen (secondary N) is 2. The first-order chi connectivity index (χ1) is 15.0. The Morgan fingerprint density at radius 2 is 2.16 bits per heavy atom. The Kier molecular flexibility index (Phi) is 4.84. The van der Waals surface area contributed by atoms with Crippen LogP contribution < -0.4 is 5.73 Å². The summed E-state index contributed by atoms with van der Waals surface area (Å²) in [4.78, 5) is 27.5. The van der Waals surface area contributed by atoms with E-state index < -0.39 is 0 Å². The van der Waals surface area contributed by atoms with Crippen LogP contribution in [0.3, 0.4) is 0 Å². The number of aromatic nitrogens is 5. The average molecular weight is 418 g/mol. The van der Waals surface area contributed by atoms with Gasteiger partial charge in [0.05, 0.1) is 16.7 Å². The van der Waals surface area contributed by atoms with Crippen molar-refractivity contribution < 1.29 is 4.79 Å². The highest BCUT2D eigenvalue weighted by Crippen LogP contribution is 2.33. The third-order valence-corrected chi connectivity index (χ3v) is 6.01. The number of imidazole rings is 1. The minimum absolute atomic E-state index is 0.176. The number of hydrogen-bond donors (Lipinski definition) is 3. The summed E-state index contributed by atoms with van der Waals surface area (Å²) in [7, 11) is 0. The molecule has 3 aromatic heterocycles. The number of amides is 1. The molecule has 0 radical (unpaired) electrons. The Bertz CT molecular complexity index is 1240. The van der Waals surface area contributed by atoms with E-state index in [0.29, 0.717) is 30.2 Å². The molecule has 0 saturated carbocycles. The molecule has 0 bridgehead atoms. The summed E-state index contributed by atoms with van der Waals surface area (Å²) < 4.78 is 0. The predicted molar refractivity (Wildman–Crippen MR) is 121 cm³/mol. The molecule has 0 unspecified atom stereocenters. The summed E-state index contributed by atoms with van der Waals surface area (Å²) in [5.41, 5.74) is 10.5. The molecular weight excluding hydrogens is 390 g/mol. The first kappa shape index (κ1) is 19.5. The average Bonchev–Trinajstić information content (AvgIpc) is 3.44. The van der Waals surface area contributed by atoms with Gasteiger partial charge in [-0.05, 0) is 37.0 Å². The summed E-state index contributed by atoms with van der Waals surface area (Å²) in [6.07, 6.45) is 4.37. The Balaban J connectivity index is 1.50. The van der Waals surface area contributed by atoms with E-state index in [0.717, 1.165) is 52.9 Å². The summed E-state index contributed by atoms with van der Waals surface area (Å²) in [5.74, 6) is 2.06. The summed E-state index contributed by atoms with van der Waals surface area (Å²) in [6.45, 7) is 5.68. The van der Waals surface area contributed by atoms with Gasteiger partial charge in [-0.1, -0.05) is 19.9 Å². The molecule has 0 aliphatic carbocycles. The fraction of sp³-hybridized carbons (Fsp3) is 0.391. The van der Waals surface area contributed by atoms with Gasteiger partial charge in [-0.2, -0.15) is 5.10 Å². The summed E-state index contributed by atoms with van der Waals surface area (Å²) >= 11 is 0. The van der Waals surface area contributed by atoms with Gasteiger partial charge in [0.2, 0.25) is 5.91 Å². The lowest BCUT2D eigenvalue weighted by Gasteiger charge is -2.32. The van der Waals surface area contributed by atoms with Gasteiger partial charge < -0.3 is 15.6 Å². The quantitative estimate of drug-likeness (QED) is 0.466. The number of pyridine rings is 1. The van der Waals surface area contributed by atoms with Crippen molar-refractivity contribution in [2.24, 2.45) is 5.92 Å². The number of H-pyrrole nitrogens is 2. The highest BCUT2D eigenvalue weighted by molar-refractivity contribution is 6.07. The number of benzene rings is 1. The zero-order valence-corrected chi connectivity index (χ0v) is 17.9. The van der Waals surface area contributed by atoms with Crippen molar-refractivity contribution in [1.82, 2.24) is 30.0 Å². The highest BCUT2D eigenvalue weighted by Gasteiger charge is 2.27. The number of hydrogen-bond acceptors (Lipinski definition) is 5. The molecule has 1 atom stereocenters. The van der Waals surface area contributed by atoms with E-state index in [9.17, 15) is 4.79 Å². The van der Waals surface area contributed by atoms with Crippen LogP contribution in [0, 0.1) is 5.92 Å². The third-order valence-electron chi connectivity index (χ3n) is 6.01. The molecular formula is C23H27N7O. The molecule has 1 aliphatic rings. The van der Waals surface area contributed by atoms with Crippen LogP contribution in [-0.2, 0) is 4.79 Å². The molecule has 31 heavy (non-hydrogen) atoms. The molecule has 8 heteroatoms. The molecule has 8 nitrogen and oxygen atoms in total. The van der Waals surface area contributed by atoms with E-state index in [1.54, 1.807) is 6.20 Å². The van der Waals surface area contributed by atoms with Crippen molar-refractivity contribution >= 4 is 33.7 Å². The molecule has 1 fully saturated rings. The first-order valence-electron chi connectivity index (χ1n) is 10.9. The second-order valence-corrected chi connectivity index (χ2v) is 8.81.